The van der Waals surface area contributed by atoms with E-state index in [0.29, 0.717) is 25.2 Å². The summed E-state index contributed by atoms with van der Waals surface area (Å²) in [6.07, 6.45) is 2.48. The number of carbonyl (C=O) groups is 1. The van der Waals surface area contributed by atoms with Gasteiger partial charge in [-0.15, -0.1) is 0 Å². The van der Waals surface area contributed by atoms with E-state index in [1.165, 1.54) is 24.0 Å². The van der Waals surface area contributed by atoms with Crippen molar-refractivity contribution in [2.24, 2.45) is 0 Å². The Labute approximate surface area is 116 Å². The molecule has 1 saturated carbocycles. The summed E-state index contributed by atoms with van der Waals surface area (Å²) in [5.74, 6) is 0.129. The fourth-order valence-electron chi connectivity index (χ4n) is 2.36. The molecule has 19 heavy (non-hydrogen) atoms. The number of carbonyl (C=O) groups excluding carboxylic acids is 1. The first kappa shape index (κ1) is 14.1. The fraction of sp³-hybridized carbons (Fsp3) is 0.562. The van der Waals surface area contributed by atoms with Crippen LogP contribution in [-0.2, 0) is 11.3 Å². The predicted molar refractivity (Wildman–Crippen MR) is 77.9 cm³/mol. The average Bonchev–Trinajstić information content (AvgIpc) is 3.19. The zero-order chi connectivity index (χ0) is 13.8. The first-order valence-electron chi connectivity index (χ1n) is 7.15. The molecule has 3 nitrogen and oxygen atoms in total. The molecule has 0 atom stereocenters. The summed E-state index contributed by atoms with van der Waals surface area (Å²) >= 11 is 0. The van der Waals surface area contributed by atoms with E-state index in [1.54, 1.807) is 0 Å². The van der Waals surface area contributed by atoms with Gasteiger partial charge in [0.25, 0.3) is 0 Å². The van der Waals surface area contributed by atoms with E-state index in [9.17, 15) is 4.79 Å². The summed E-state index contributed by atoms with van der Waals surface area (Å²) in [4.78, 5) is 14.3. The quantitative estimate of drug-likeness (QED) is 0.852. The fourth-order valence-corrected chi connectivity index (χ4v) is 2.36. The van der Waals surface area contributed by atoms with Crippen LogP contribution in [0.3, 0.4) is 0 Å². The molecule has 0 radical (unpaired) electrons. The van der Waals surface area contributed by atoms with Gasteiger partial charge < -0.3 is 5.32 Å². The van der Waals surface area contributed by atoms with Crippen LogP contribution in [0.4, 0.5) is 0 Å². The van der Waals surface area contributed by atoms with Gasteiger partial charge in [0.15, 0.2) is 0 Å². The summed E-state index contributed by atoms with van der Waals surface area (Å²) in [6.45, 7) is 7.54. The van der Waals surface area contributed by atoms with Crippen LogP contribution in [0.2, 0.25) is 0 Å². The third-order valence-electron chi connectivity index (χ3n) is 3.74. The van der Waals surface area contributed by atoms with Gasteiger partial charge in [-0.1, -0.05) is 24.3 Å². The Morgan fingerprint density at radius 3 is 2.63 bits per heavy atom. The maximum atomic E-state index is 12.0. The third-order valence-corrected chi connectivity index (χ3v) is 3.74. The lowest BCUT2D eigenvalue weighted by molar-refractivity contribution is -0.123. The Kier molecular flexibility index (Phi) is 4.59. The zero-order valence-electron chi connectivity index (χ0n) is 12.1. The molecule has 0 saturated heterocycles. The van der Waals surface area contributed by atoms with Gasteiger partial charge in [-0.25, -0.2) is 0 Å². The highest BCUT2D eigenvalue weighted by atomic mass is 16.2. The topological polar surface area (TPSA) is 32.3 Å². The molecule has 2 rings (SSSR count). The van der Waals surface area contributed by atoms with Crippen molar-refractivity contribution < 1.29 is 4.79 Å². The lowest BCUT2D eigenvalue weighted by atomic mass is 10.1. The highest BCUT2D eigenvalue weighted by Gasteiger charge is 2.31. The Bertz CT molecular complexity index is 436. The lowest BCUT2D eigenvalue weighted by Crippen LogP contribution is -2.41. The van der Waals surface area contributed by atoms with Crippen LogP contribution >= 0.6 is 0 Å². The summed E-state index contributed by atoms with van der Waals surface area (Å²) in [5, 5.41) is 3.03. The summed E-state index contributed by atoms with van der Waals surface area (Å²) in [5.41, 5.74) is 2.42. The summed E-state index contributed by atoms with van der Waals surface area (Å²) in [6, 6.07) is 9.25. The van der Waals surface area contributed by atoms with Crippen LogP contribution in [0.1, 0.15) is 37.8 Å². The Morgan fingerprint density at radius 1 is 1.37 bits per heavy atom. The molecule has 1 amide bonds. The van der Waals surface area contributed by atoms with Gasteiger partial charge in [0.2, 0.25) is 5.91 Å². The number of benzene rings is 1. The maximum Gasteiger partial charge on any atom is 0.234 e. The normalized spacial score (nSPS) is 15.0. The van der Waals surface area contributed by atoms with E-state index < -0.39 is 0 Å². The number of amides is 1. The molecule has 104 valence electrons. The van der Waals surface area contributed by atoms with Gasteiger partial charge in [0, 0.05) is 18.6 Å². The molecular weight excluding hydrogens is 236 g/mol. The average molecular weight is 260 g/mol. The SMILES string of the molecule is Cc1ccccc1CNC(=O)CN(C(C)C)C1CC1. The zero-order valence-corrected chi connectivity index (χ0v) is 12.1. The minimum absolute atomic E-state index is 0.129. The van der Waals surface area contributed by atoms with Gasteiger partial charge in [-0.2, -0.15) is 0 Å². The van der Waals surface area contributed by atoms with E-state index in [2.05, 4.69) is 43.1 Å². The van der Waals surface area contributed by atoms with Crippen LogP contribution in [-0.4, -0.2) is 29.4 Å². The molecule has 3 heteroatoms. The molecule has 0 aliphatic heterocycles. The maximum absolute atomic E-state index is 12.0. The first-order chi connectivity index (χ1) is 9.08. The standard InChI is InChI=1S/C16H24N2O/c1-12(2)18(15-8-9-15)11-16(19)17-10-14-7-5-4-6-13(14)3/h4-7,12,15H,8-11H2,1-3H3,(H,17,19). The van der Waals surface area contributed by atoms with Crippen molar-refractivity contribution in [2.45, 2.75) is 52.2 Å². The number of hydrogen-bond donors (Lipinski definition) is 1. The number of nitrogens with one attached hydrogen (secondary N) is 1. The molecule has 1 N–H and O–H groups in total. The van der Waals surface area contributed by atoms with Gasteiger partial charge in [0.05, 0.1) is 6.54 Å². The molecule has 1 fully saturated rings. The minimum Gasteiger partial charge on any atom is -0.351 e. The molecule has 0 spiro atoms. The Balaban J connectivity index is 1.82. The second-order valence-electron chi connectivity index (χ2n) is 5.70. The molecule has 1 aliphatic carbocycles. The van der Waals surface area contributed by atoms with Crippen LogP contribution in [0, 0.1) is 6.92 Å². The minimum atomic E-state index is 0.129. The summed E-state index contributed by atoms with van der Waals surface area (Å²) in [7, 11) is 0. The van der Waals surface area contributed by atoms with Crippen LogP contribution in [0.15, 0.2) is 24.3 Å². The van der Waals surface area contributed by atoms with Gasteiger partial charge in [-0.3, -0.25) is 9.69 Å². The van der Waals surface area contributed by atoms with Gasteiger partial charge in [0.1, 0.15) is 0 Å². The van der Waals surface area contributed by atoms with Crippen molar-refractivity contribution in [2.75, 3.05) is 6.54 Å². The van der Waals surface area contributed by atoms with E-state index in [-0.39, 0.29) is 5.91 Å². The van der Waals surface area contributed by atoms with E-state index in [4.69, 9.17) is 0 Å². The van der Waals surface area contributed by atoms with Gasteiger partial charge >= 0.3 is 0 Å². The van der Waals surface area contributed by atoms with E-state index in [1.807, 2.05) is 12.1 Å². The lowest BCUT2D eigenvalue weighted by Gasteiger charge is -2.25. The molecule has 0 unspecified atom stereocenters. The van der Waals surface area contributed by atoms with Crippen molar-refractivity contribution in [1.82, 2.24) is 10.2 Å². The Hall–Kier alpha value is -1.35. The Morgan fingerprint density at radius 2 is 2.05 bits per heavy atom. The number of hydrogen-bond acceptors (Lipinski definition) is 2. The first-order valence-corrected chi connectivity index (χ1v) is 7.15. The summed E-state index contributed by atoms with van der Waals surface area (Å²) < 4.78 is 0. The molecule has 0 heterocycles. The molecule has 0 aromatic heterocycles. The van der Waals surface area contributed by atoms with Crippen LogP contribution < -0.4 is 5.32 Å². The smallest absolute Gasteiger partial charge is 0.234 e. The molecular formula is C16H24N2O. The molecule has 1 aromatic rings. The molecule has 0 bridgehead atoms. The third kappa shape index (κ3) is 4.06. The van der Waals surface area contributed by atoms with E-state index >= 15 is 0 Å². The monoisotopic (exact) mass is 260 g/mol. The van der Waals surface area contributed by atoms with Crippen LogP contribution in [0.25, 0.3) is 0 Å². The second kappa shape index (κ2) is 6.20. The van der Waals surface area contributed by atoms with Crippen molar-refractivity contribution in [3.63, 3.8) is 0 Å². The van der Waals surface area contributed by atoms with E-state index in [0.717, 1.165) is 0 Å². The van der Waals surface area contributed by atoms with Crippen LogP contribution in [0.5, 0.6) is 0 Å². The number of aryl methyl sites for hydroxylation is 1. The number of nitrogens with zero attached hydrogens (tertiary/aromatic N) is 1. The second-order valence-corrected chi connectivity index (χ2v) is 5.70. The highest BCUT2D eigenvalue weighted by molar-refractivity contribution is 5.78. The van der Waals surface area contributed by atoms with Gasteiger partial charge in [-0.05, 0) is 44.7 Å². The predicted octanol–water partition coefficient (Wildman–Crippen LogP) is 2.48. The molecule has 1 aromatic carbocycles. The molecule has 1 aliphatic rings. The number of rotatable bonds is 6. The highest BCUT2D eigenvalue weighted by Crippen LogP contribution is 2.28. The van der Waals surface area contributed by atoms with Crippen molar-refractivity contribution in [3.05, 3.63) is 35.4 Å². The van der Waals surface area contributed by atoms with Crippen molar-refractivity contribution in [3.8, 4) is 0 Å². The van der Waals surface area contributed by atoms with Crippen molar-refractivity contribution in [1.29, 1.82) is 0 Å². The largest absolute Gasteiger partial charge is 0.351 e. The van der Waals surface area contributed by atoms with Crippen molar-refractivity contribution >= 4 is 5.91 Å².